The molecule has 0 bridgehead atoms. The summed E-state index contributed by atoms with van der Waals surface area (Å²) < 4.78 is 11.5. The van der Waals surface area contributed by atoms with Crippen LogP contribution in [0.4, 0.5) is 5.69 Å². The number of nitrogens with zero attached hydrogens (tertiary/aromatic N) is 1. The van der Waals surface area contributed by atoms with Crippen LogP contribution in [0.25, 0.3) is 0 Å². The van der Waals surface area contributed by atoms with Crippen molar-refractivity contribution in [2.24, 2.45) is 0 Å². The Labute approximate surface area is 156 Å². The van der Waals surface area contributed by atoms with Gasteiger partial charge in [0.25, 0.3) is 5.91 Å². The van der Waals surface area contributed by atoms with E-state index in [4.69, 9.17) is 9.47 Å². The van der Waals surface area contributed by atoms with Crippen LogP contribution in [0.15, 0.2) is 28.7 Å². The number of carbonyl (C=O) groups is 1. The van der Waals surface area contributed by atoms with Crippen molar-refractivity contribution < 1.29 is 14.3 Å². The second kappa shape index (κ2) is 9.70. The van der Waals surface area contributed by atoms with Gasteiger partial charge in [0, 0.05) is 12.3 Å². The molecule has 2 N–H and O–H groups in total. The van der Waals surface area contributed by atoms with Gasteiger partial charge in [-0.3, -0.25) is 9.89 Å². The maximum atomic E-state index is 12.4. The molecule has 0 unspecified atom stereocenters. The Morgan fingerprint density at radius 3 is 2.76 bits per heavy atom. The quantitative estimate of drug-likeness (QED) is 0.611. The van der Waals surface area contributed by atoms with E-state index in [1.54, 1.807) is 0 Å². The van der Waals surface area contributed by atoms with Crippen LogP contribution in [0.2, 0.25) is 0 Å². The van der Waals surface area contributed by atoms with Gasteiger partial charge in [-0.25, -0.2) is 0 Å². The van der Waals surface area contributed by atoms with Crippen LogP contribution in [0.1, 0.15) is 48.4 Å². The van der Waals surface area contributed by atoms with Crippen LogP contribution >= 0.6 is 15.9 Å². The highest BCUT2D eigenvalue weighted by Crippen LogP contribution is 2.26. The lowest BCUT2D eigenvalue weighted by Crippen LogP contribution is -2.13. The van der Waals surface area contributed by atoms with Crippen LogP contribution in [-0.2, 0) is 16.1 Å². The Morgan fingerprint density at radius 1 is 1.32 bits per heavy atom. The topological polar surface area (TPSA) is 76.2 Å². The molecule has 2 rings (SSSR count). The minimum Gasteiger partial charge on any atom is -0.379 e. The molecule has 6 nitrogen and oxygen atoms in total. The maximum Gasteiger partial charge on any atom is 0.277 e. The average Bonchev–Trinajstić information content (AvgIpc) is 2.97. The summed E-state index contributed by atoms with van der Waals surface area (Å²) >= 11 is 3.45. The fraction of sp³-hybridized carbons (Fsp3) is 0.444. The van der Waals surface area contributed by atoms with Crippen molar-refractivity contribution in [3.05, 3.63) is 45.7 Å². The summed E-state index contributed by atoms with van der Waals surface area (Å²) in [7, 11) is 0. The molecule has 0 spiro atoms. The largest absolute Gasteiger partial charge is 0.379 e. The zero-order chi connectivity index (χ0) is 18.2. The lowest BCUT2D eigenvalue weighted by Gasteiger charge is -2.08. The second-order valence-corrected chi connectivity index (χ2v) is 6.65. The van der Waals surface area contributed by atoms with Gasteiger partial charge in [0.05, 0.1) is 30.0 Å². The number of rotatable bonds is 9. The Morgan fingerprint density at radius 2 is 2.08 bits per heavy atom. The minimum absolute atomic E-state index is 0.251. The van der Waals surface area contributed by atoms with Crippen LogP contribution in [0, 0.1) is 0 Å². The lowest BCUT2D eigenvalue weighted by atomic mass is 10.1. The van der Waals surface area contributed by atoms with E-state index in [0.29, 0.717) is 42.3 Å². The highest BCUT2D eigenvalue weighted by molar-refractivity contribution is 9.10. The number of H-pyrrole nitrogens is 1. The number of carbonyl (C=O) groups excluding carboxylic acids is 1. The number of benzene rings is 1. The molecule has 1 aromatic heterocycles. The third-order valence-corrected chi connectivity index (χ3v) is 4.36. The smallest absolute Gasteiger partial charge is 0.277 e. The molecule has 0 aliphatic heterocycles. The predicted octanol–water partition coefficient (Wildman–Crippen LogP) is 4.10. The minimum atomic E-state index is -0.260. The van der Waals surface area contributed by atoms with Crippen molar-refractivity contribution in [3.8, 4) is 0 Å². The first-order chi connectivity index (χ1) is 12.0. The molecule has 0 fully saturated rings. The summed E-state index contributed by atoms with van der Waals surface area (Å²) in [6.07, 6.45) is 0. The molecule has 0 radical (unpaired) electrons. The number of ether oxygens (including phenoxy) is 2. The number of nitrogens with one attached hydrogen (secondary N) is 2. The number of hydrogen-bond acceptors (Lipinski definition) is 4. The van der Waals surface area contributed by atoms with Gasteiger partial charge >= 0.3 is 0 Å². The van der Waals surface area contributed by atoms with Crippen LogP contribution in [0.3, 0.4) is 0 Å². The van der Waals surface area contributed by atoms with Gasteiger partial charge in [-0.05, 0) is 46.5 Å². The van der Waals surface area contributed by atoms with Crippen molar-refractivity contribution in [2.75, 3.05) is 25.1 Å². The molecule has 25 heavy (non-hydrogen) atoms. The van der Waals surface area contributed by atoms with Crippen molar-refractivity contribution in [3.63, 3.8) is 0 Å². The first-order valence-corrected chi connectivity index (χ1v) is 9.11. The monoisotopic (exact) mass is 409 g/mol. The summed E-state index contributed by atoms with van der Waals surface area (Å²) in [4.78, 5) is 12.4. The summed E-state index contributed by atoms with van der Waals surface area (Å²) in [5.74, 6) is -0.00923. The average molecular weight is 410 g/mol. The molecule has 1 heterocycles. The first-order valence-electron chi connectivity index (χ1n) is 8.32. The molecule has 0 aliphatic carbocycles. The Balaban J connectivity index is 1.96. The Bertz CT molecular complexity index is 701. The predicted molar refractivity (Wildman–Crippen MR) is 101 cm³/mol. The Kier molecular flexibility index (Phi) is 7.61. The SMILES string of the molecule is CCOCCOCc1cccc(NC(=O)c2n[nH]c(C(C)C)c2Br)c1. The molecule has 136 valence electrons. The molecule has 2 aromatic rings. The molecule has 0 atom stereocenters. The van der Waals surface area contributed by atoms with Gasteiger partial charge in [0.15, 0.2) is 5.69 Å². The number of halogens is 1. The molecule has 7 heteroatoms. The van der Waals surface area contributed by atoms with Gasteiger partial charge in [-0.1, -0.05) is 26.0 Å². The van der Waals surface area contributed by atoms with Crippen LogP contribution in [0.5, 0.6) is 0 Å². The molecule has 0 aliphatic rings. The fourth-order valence-corrected chi connectivity index (χ4v) is 3.07. The number of anilines is 1. The van der Waals surface area contributed by atoms with Crippen molar-refractivity contribution in [1.82, 2.24) is 10.2 Å². The molecule has 0 saturated heterocycles. The summed E-state index contributed by atoms with van der Waals surface area (Å²) in [6.45, 7) is 8.31. The normalized spacial score (nSPS) is 11.1. The third-order valence-electron chi connectivity index (χ3n) is 3.55. The van der Waals surface area contributed by atoms with Gasteiger partial charge in [-0.2, -0.15) is 5.10 Å². The Hall–Kier alpha value is -1.70. The molecule has 1 amide bonds. The van der Waals surface area contributed by atoms with E-state index in [0.717, 1.165) is 11.3 Å². The van der Waals surface area contributed by atoms with E-state index in [1.165, 1.54) is 0 Å². The molecule has 0 saturated carbocycles. The van der Waals surface area contributed by atoms with Gasteiger partial charge < -0.3 is 14.8 Å². The molecular formula is C18H24BrN3O3. The van der Waals surface area contributed by atoms with E-state index in [9.17, 15) is 4.79 Å². The molecular weight excluding hydrogens is 386 g/mol. The maximum absolute atomic E-state index is 12.4. The highest BCUT2D eigenvalue weighted by Gasteiger charge is 2.19. The zero-order valence-electron chi connectivity index (χ0n) is 14.8. The standard InChI is InChI=1S/C18H24BrN3O3/c1-4-24-8-9-25-11-13-6-5-7-14(10-13)20-18(23)17-15(19)16(12(2)3)21-22-17/h5-7,10,12H,4,8-9,11H2,1-3H3,(H,20,23)(H,21,22). The van der Waals surface area contributed by atoms with Gasteiger partial charge in [-0.15, -0.1) is 0 Å². The molecule has 1 aromatic carbocycles. The number of hydrogen-bond donors (Lipinski definition) is 2. The van der Waals surface area contributed by atoms with E-state index >= 15 is 0 Å². The van der Waals surface area contributed by atoms with Crippen LogP contribution < -0.4 is 5.32 Å². The van der Waals surface area contributed by atoms with Gasteiger partial charge in [0.2, 0.25) is 0 Å². The van der Waals surface area contributed by atoms with Crippen LogP contribution in [-0.4, -0.2) is 35.9 Å². The van der Waals surface area contributed by atoms with Crippen molar-refractivity contribution in [2.45, 2.75) is 33.3 Å². The third kappa shape index (κ3) is 5.66. The van der Waals surface area contributed by atoms with Gasteiger partial charge in [0.1, 0.15) is 0 Å². The highest BCUT2D eigenvalue weighted by atomic mass is 79.9. The number of aromatic nitrogens is 2. The van der Waals surface area contributed by atoms with E-state index in [1.807, 2.05) is 45.0 Å². The van der Waals surface area contributed by atoms with E-state index < -0.39 is 0 Å². The first kappa shape index (κ1) is 19.6. The second-order valence-electron chi connectivity index (χ2n) is 5.86. The zero-order valence-corrected chi connectivity index (χ0v) is 16.4. The lowest BCUT2D eigenvalue weighted by molar-refractivity contribution is 0.0453. The number of amides is 1. The van der Waals surface area contributed by atoms with Crippen molar-refractivity contribution in [1.29, 1.82) is 0 Å². The summed E-state index contributed by atoms with van der Waals surface area (Å²) in [5, 5.41) is 9.89. The summed E-state index contributed by atoms with van der Waals surface area (Å²) in [6, 6.07) is 7.57. The van der Waals surface area contributed by atoms with Crippen molar-refractivity contribution >= 4 is 27.5 Å². The van der Waals surface area contributed by atoms with E-state index in [2.05, 4.69) is 31.4 Å². The van der Waals surface area contributed by atoms with E-state index in [-0.39, 0.29) is 11.8 Å². The number of aromatic amines is 1. The fourth-order valence-electron chi connectivity index (χ4n) is 2.26. The summed E-state index contributed by atoms with van der Waals surface area (Å²) in [5.41, 5.74) is 2.94.